The van der Waals surface area contributed by atoms with Crippen LogP contribution in [0.2, 0.25) is 0 Å². The van der Waals surface area contributed by atoms with Gasteiger partial charge in [-0.15, -0.1) is 0 Å². The largest absolute Gasteiger partial charge is 0.497 e. The van der Waals surface area contributed by atoms with Gasteiger partial charge in [-0.2, -0.15) is 13.2 Å². The van der Waals surface area contributed by atoms with Gasteiger partial charge in [0.05, 0.1) is 39.5 Å². The van der Waals surface area contributed by atoms with Crippen LogP contribution in [-0.4, -0.2) is 95.1 Å². The maximum atomic E-state index is 12.5. The number of ether oxygens (including phenoxy) is 2. The summed E-state index contributed by atoms with van der Waals surface area (Å²) in [4.78, 5) is 8.30. The number of nitrogens with one attached hydrogen (secondary N) is 2. The first kappa shape index (κ1) is 25.2. The smallest absolute Gasteiger partial charge is 0.401 e. The van der Waals surface area contributed by atoms with Crippen LogP contribution in [0.25, 0.3) is 0 Å². The lowest BCUT2D eigenvalue weighted by Gasteiger charge is -2.34. The number of guanidine groups is 1. The van der Waals surface area contributed by atoms with Gasteiger partial charge in [0.2, 0.25) is 0 Å². The Morgan fingerprint density at radius 2 is 1.90 bits per heavy atom. The number of benzene rings is 1. The molecule has 1 aliphatic rings. The van der Waals surface area contributed by atoms with Gasteiger partial charge < -0.3 is 20.1 Å². The highest BCUT2D eigenvalue weighted by molar-refractivity contribution is 5.79. The monoisotopic (exact) mass is 445 g/mol. The summed E-state index contributed by atoms with van der Waals surface area (Å²) in [6.07, 6.45) is -4.20. The van der Waals surface area contributed by atoms with Gasteiger partial charge >= 0.3 is 6.18 Å². The van der Waals surface area contributed by atoms with E-state index >= 15 is 0 Å². The maximum absolute atomic E-state index is 12.5. The molecule has 1 aliphatic heterocycles. The van der Waals surface area contributed by atoms with Crippen molar-refractivity contribution in [2.24, 2.45) is 4.99 Å². The average molecular weight is 446 g/mol. The fraction of sp³-hybridized carbons (Fsp3) is 0.667. The number of hydrogen-bond acceptors (Lipinski definition) is 5. The van der Waals surface area contributed by atoms with Crippen LogP contribution >= 0.6 is 0 Å². The third-order valence-corrected chi connectivity index (χ3v) is 4.99. The molecule has 31 heavy (non-hydrogen) atoms. The zero-order valence-corrected chi connectivity index (χ0v) is 18.5. The Bertz CT molecular complexity index is 664. The molecule has 2 N–H and O–H groups in total. The average Bonchev–Trinajstić information content (AvgIpc) is 2.74. The van der Waals surface area contributed by atoms with Crippen molar-refractivity contribution in [1.29, 1.82) is 0 Å². The molecule has 176 valence electrons. The molecule has 0 saturated carbocycles. The van der Waals surface area contributed by atoms with Crippen molar-refractivity contribution in [3.8, 4) is 5.75 Å². The molecule has 2 rings (SSSR count). The summed E-state index contributed by atoms with van der Waals surface area (Å²) in [7, 11) is 3.09. The molecule has 1 atom stereocenters. The third-order valence-electron chi connectivity index (χ3n) is 4.99. The first-order valence-corrected chi connectivity index (χ1v) is 10.6. The molecule has 1 aromatic rings. The van der Waals surface area contributed by atoms with Gasteiger partial charge in [-0.3, -0.25) is 14.8 Å². The van der Waals surface area contributed by atoms with Gasteiger partial charge in [-0.1, -0.05) is 12.1 Å². The molecule has 1 unspecified atom stereocenters. The molecule has 1 fully saturated rings. The van der Waals surface area contributed by atoms with Gasteiger partial charge in [-0.25, -0.2) is 0 Å². The number of likely N-dealkylation sites (N-methyl/N-ethyl adjacent to an activating group) is 1. The summed E-state index contributed by atoms with van der Waals surface area (Å²) < 4.78 is 48.2. The zero-order valence-electron chi connectivity index (χ0n) is 18.5. The number of nitrogens with zero attached hydrogens (tertiary/aromatic N) is 3. The predicted octanol–water partition coefficient (Wildman–Crippen LogP) is 2.12. The van der Waals surface area contributed by atoms with Gasteiger partial charge in [0.1, 0.15) is 5.75 Å². The van der Waals surface area contributed by atoms with E-state index in [2.05, 4.69) is 15.5 Å². The van der Waals surface area contributed by atoms with Crippen LogP contribution in [0.4, 0.5) is 13.2 Å². The fourth-order valence-corrected chi connectivity index (χ4v) is 3.42. The maximum Gasteiger partial charge on any atom is 0.401 e. The SMILES string of the molecule is CCNC(=NCC(c1ccc(OC)cc1)N1CCOCC1)NCCN(C)CC(F)(F)F. The van der Waals surface area contributed by atoms with Gasteiger partial charge in [0.15, 0.2) is 5.96 Å². The van der Waals surface area contributed by atoms with E-state index in [0.29, 0.717) is 38.8 Å². The molecular weight excluding hydrogens is 411 g/mol. The first-order chi connectivity index (χ1) is 14.8. The van der Waals surface area contributed by atoms with E-state index in [0.717, 1.165) is 24.4 Å². The number of alkyl halides is 3. The highest BCUT2D eigenvalue weighted by atomic mass is 19.4. The minimum atomic E-state index is -4.20. The Labute approximate surface area is 182 Å². The van der Waals surface area contributed by atoms with Crippen molar-refractivity contribution in [3.05, 3.63) is 29.8 Å². The minimum Gasteiger partial charge on any atom is -0.497 e. The standard InChI is InChI=1S/C21H34F3N5O2/c1-4-25-20(26-9-10-28(2)16-21(22,23)24)27-15-19(29-11-13-31-14-12-29)17-5-7-18(30-3)8-6-17/h5-8,19H,4,9-16H2,1-3H3,(H2,25,26,27). The topological polar surface area (TPSA) is 61.4 Å². The molecule has 7 nitrogen and oxygen atoms in total. The molecule has 1 heterocycles. The number of morpholine rings is 1. The van der Waals surface area contributed by atoms with Crippen molar-refractivity contribution >= 4 is 5.96 Å². The molecule has 0 amide bonds. The van der Waals surface area contributed by atoms with Crippen molar-refractivity contribution in [1.82, 2.24) is 20.4 Å². The number of hydrogen-bond donors (Lipinski definition) is 2. The van der Waals surface area contributed by atoms with Crippen LogP contribution in [0.1, 0.15) is 18.5 Å². The molecule has 1 aromatic carbocycles. The van der Waals surface area contributed by atoms with Crippen molar-refractivity contribution in [2.75, 3.05) is 73.2 Å². The van der Waals surface area contributed by atoms with Crippen molar-refractivity contribution in [2.45, 2.75) is 19.1 Å². The van der Waals surface area contributed by atoms with Crippen molar-refractivity contribution in [3.63, 3.8) is 0 Å². The number of aliphatic imine (C=N–C) groups is 1. The second kappa shape index (κ2) is 12.7. The predicted molar refractivity (Wildman–Crippen MR) is 116 cm³/mol. The van der Waals surface area contributed by atoms with E-state index < -0.39 is 12.7 Å². The van der Waals surface area contributed by atoms with Crippen LogP contribution < -0.4 is 15.4 Å². The molecule has 0 radical (unpaired) electrons. The van der Waals surface area contributed by atoms with Crippen LogP contribution in [0.15, 0.2) is 29.3 Å². The normalized spacial score (nSPS) is 16.9. The Balaban J connectivity index is 2.03. The van der Waals surface area contributed by atoms with Gasteiger partial charge in [-0.05, 0) is 31.7 Å². The molecule has 0 aromatic heterocycles. The van der Waals surface area contributed by atoms with E-state index in [-0.39, 0.29) is 12.6 Å². The molecule has 0 spiro atoms. The lowest BCUT2D eigenvalue weighted by Crippen LogP contribution is -2.43. The Hall–Kier alpha value is -2.04. The van der Waals surface area contributed by atoms with Crippen LogP contribution in [0, 0.1) is 0 Å². The zero-order chi connectivity index (χ0) is 22.7. The number of methoxy groups -OCH3 is 1. The Kier molecular flexibility index (Phi) is 10.4. The summed E-state index contributed by atoms with van der Waals surface area (Å²) in [5.74, 6) is 1.39. The second-order valence-electron chi connectivity index (χ2n) is 7.44. The van der Waals surface area contributed by atoms with Gasteiger partial charge in [0.25, 0.3) is 0 Å². The minimum absolute atomic E-state index is 0.0677. The summed E-state index contributed by atoms with van der Waals surface area (Å²) >= 11 is 0. The Morgan fingerprint density at radius 1 is 1.23 bits per heavy atom. The summed E-state index contributed by atoms with van der Waals surface area (Å²) in [6.45, 7) is 5.82. The molecule has 10 heteroatoms. The second-order valence-corrected chi connectivity index (χ2v) is 7.44. The van der Waals surface area contributed by atoms with E-state index in [9.17, 15) is 13.2 Å². The first-order valence-electron chi connectivity index (χ1n) is 10.6. The summed E-state index contributed by atoms with van der Waals surface area (Å²) in [5, 5.41) is 6.30. The van der Waals surface area contributed by atoms with Crippen LogP contribution in [0.3, 0.4) is 0 Å². The highest BCUT2D eigenvalue weighted by Crippen LogP contribution is 2.24. The Morgan fingerprint density at radius 3 is 2.48 bits per heavy atom. The van der Waals surface area contributed by atoms with E-state index in [4.69, 9.17) is 14.5 Å². The van der Waals surface area contributed by atoms with E-state index in [1.807, 2.05) is 31.2 Å². The van der Waals surface area contributed by atoms with Crippen molar-refractivity contribution < 1.29 is 22.6 Å². The van der Waals surface area contributed by atoms with Gasteiger partial charge in [0, 0.05) is 32.7 Å². The molecular formula is C21H34F3N5O2. The quantitative estimate of drug-likeness (QED) is 0.425. The number of rotatable bonds is 10. The lowest BCUT2D eigenvalue weighted by atomic mass is 10.0. The fourth-order valence-electron chi connectivity index (χ4n) is 3.42. The summed E-state index contributed by atoms with van der Waals surface area (Å²) in [5.41, 5.74) is 1.13. The molecule has 0 aliphatic carbocycles. The molecule has 0 bridgehead atoms. The summed E-state index contributed by atoms with van der Waals surface area (Å²) in [6, 6.07) is 8.03. The highest BCUT2D eigenvalue weighted by Gasteiger charge is 2.29. The molecule has 1 saturated heterocycles. The van der Waals surface area contributed by atoms with Crippen LogP contribution in [0.5, 0.6) is 5.75 Å². The van der Waals surface area contributed by atoms with E-state index in [1.54, 1.807) is 7.11 Å². The third kappa shape index (κ3) is 9.32. The lowest BCUT2D eigenvalue weighted by molar-refractivity contribution is -0.142. The van der Waals surface area contributed by atoms with E-state index in [1.165, 1.54) is 11.9 Å². The number of halogens is 3. The van der Waals surface area contributed by atoms with Crippen LogP contribution in [-0.2, 0) is 4.74 Å².